The summed E-state index contributed by atoms with van der Waals surface area (Å²) in [4.78, 5) is 4.14. The third-order valence-electron chi connectivity index (χ3n) is 2.86. The van der Waals surface area contributed by atoms with Gasteiger partial charge in [-0.2, -0.15) is 4.98 Å². The van der Waals surface area contributed by atoms with E-state index in [9.17, 15) is 12.8 Å². The molecule has 1 saturated heterocycles. The highest BCUT2D eigenvalue weighted by Gasteiger charge is 2.28. The molecule has 2 aromatic heterocycles. The fourth-order valence-corrected chi connectivity index (χ4v) is 3.68. The molecule has 3 heterocycles. The molecule has 0 aromatic carbocycles. The zero-order valence-electron chi connectivity index (χ0n) is 9.38. The molecule has 1 fully saturated rings. The molecule has 0 radical (unpaired) electrons. The number of nitrogens with zero attached hydrogens (tertiary/aromatic N) is 3. The van der Waals surface area contributed by atoms with Crippen LogP contribution in [0.15, 0.2) is 18.3 Å². The SMILES string of the molecule is O=S1(=O)CCC(Nc2nc3ccc(F)cn3n2)C1. The lowest BCUT2D eigenvalue weighted by Gasteiger charge is -2.06. The van der Waals surface area contributed by atoms with E-state index in [0.29, 0.717) is 18.0 Å². The van der Waals surface area contributed by atoms with Gasteiger partial charge in [0.15, 0.2) is 15.5 Å². The Morgan fingerprint density at radius 3 is 3.00 bits per heavy atom. The fraction of sp³-hybridized carbons (Fsp3) is 0.400. The van der Waals surface area contributed by atoms with Crippen LogP contribution in [0.1, 0.15) is 6.42 Å². The minimum atomic E-state index is -2.94. The number of anilines is 1. The first-order chi connectivity index (χ1) is 8.52. The molecule has 6 nitrogen and oxygen atoms in total. The molecule has 18 heavy (non-hydrogen) atoms. The van der Waals surface area contributed by atoms with Gasteiger partial charge in [0.25, 0.3) is 0 Å². The first kappa shape index (κ1) is 11.4. The van der Waals surface area contributed by atoms with Crippen molar-refractivity contribution in [2.75, 3.05) is 16.8 Å². The van der Waals surface area contributed by atoms with E-state index in [1.54, 1.807) is 0 Å². The Balaban J connectivity index is 1.83. The summed E-state index contributed by atoms with van der Waals surface area (Å²) in [5, 5.41) is 7.01. The van der Waals surface area contributed by atoms with Crippen molar-refractivity contribution in [3.05, 3.63) is 24.1 Å². The number of fused-ring (bicyclic) bond motifs is 1. The molecule has 0 bridgehead atoms. The van der Waals surface area contributed by atoms with Crippen LogP contribution in [0.4, 0.5) is 10.3 Å². The van der Waals surface area contributed by atoms with E-state index in [1.165, 1.54) is 22.8 Å². The minimum absolute atomic E-state index is 0.0942. The van der Waals surface area contributed by atoms with Crippen LogP contribution in [0.25, 0.3) is 5.65 Å². The summed E-state index contributed by atoms with van der Waals surface area (Å²) >= 11 is 0. The van der Waals surface area contributed by atoms with Gasteiger partial charge < -0.3 is 5.32 Å². The van der Waals surface area contributed by atoms with Gasteiger partial charge in [-0.05, 0) is 18.6 Å². The van der Waals surface area contributed by atoms with Crippen molar-refractivity contribution in [1.29, 1.82) is 0 Å². The van der Waals surface area contributed by atoms with Gasteiger partial charge in [-0.3, -0.25) is 0 Å². The largest absolute Gasteiger partial charge is 0.349 e. The monoisotopic (exact) mass is 270 g/mol. The zero-order valence-corrected chi connectivity index (χ0v) is 10.2. The van der Waals surface area contributed by atoms with Crippen molar-refractivity contribution >= 4 is 21.4 Å². The van der Waals surface area contributed by atoms with Crippen LogP contribution in [0.3, 0.4) is 0 Å². The van der Waals surface area contributed by atoms with Crippen molar-refractivity contribution < 1.29 is 12.8 Å². The molecular formula is C10H11FN4O2S. The van der Waals surface area contributed by atoms with Gasteiger partial charge >= 0.3 is 0 Å². The molecule has 0 aliphatic carbocycles. The summed E-state index contributed by atoms with van der Waals surface area (Å²) in [5.41, 5.74) is 0.514. The van der Waals surface area contributed by atoms with E-state index in [1.807, 2.05) is 0 Å². The Bertz CT molecular complexity index is 697. The van der Waals surface area contributed by atoms with Crippen LogP contribution in [0, 0.1) is 5.82 Å². The smallest absolute Gasteiger partial charge is 0.243 e. The molecule has 1 unspecified atom stereocenters. The lowest BCUT2D eigenvalue weighted by atomic mass is 10.3. The van der Waals surface area contributed by atoms with E-state index in [2.05, 4.69) is 15.4 Å². The second kappa shape index (κ2) is 3.91. The summed E-state index contributed by atoms with van der Waals surface area (Å²) in [6.45, 7) is 0. The average molecular weight is 270 g/mol. The molecule has 0 spiro atoms. The number of aromatic nitrogens is 3. The topological polar surface area (TPSA) is 76.4 Å². The summed E-state index contributed by atoms with van der Waals surface area (Å²) < 4.78 is 36.9. The Morgan fingerprint density at radius 2 is 2.28 bits per heavy atom. The van der Waals surface area contributed by atoms with Crippen LogP contribution >= 0.6 is 0 Å². The molecule has 1 atom stereocenters. The third kappa shape index (κ3) is 2.15. The molecule has 0 amide bonds. The van der Waals surface area contributed by atoms with Gasteiger partial charge in [0.1, 0.15) is 5.82 Å². The normalized spacial score (nSPS) is 22.4. The Morgan fingerprint density at radius 1 is 1.44 bits per heavy atom. The number of pyridine rings is 1. The molecular weight excluding hydrogens is 259 g/mol. The van der Waals surface area contributed by atoms with Gasteiger partial charge in [-0.15, -0.1) is 5.10 Å². The molecule has 0 saturated carbocycles. The molecule has 8 heteroatoms. The van der Waals surface area contributed by atoms with Crippen molar-refractivity contribution in [2.24, 2.45) is 0 Å². The van der Waals surface area contributed by atoms with Gasteiger partial charge in [-0.1, -0.05) is 0 Å². The van der Waals surface area contributed by atoms with E-state index in [4.69, 9.17) is 0 Å². The number of hydrogen-bond donors (Lipinski definition) is 1. The second-order valence-electron chi connectivity index (χ2n) is 4.33. The Labute approximate surface area is 103 Å². The summed E-state index contributed by atoms with van der Waals surface area (Å²) in [6.07, 6.45) is 1.77. The van der Waals surface area contributed by atoms with Crippen LogP contribution in [-0.4, -0.2) is 40.6 Å². The lowest BCUT2D eigenvalue weighted by molar-refractivity contribution is 0.602. The number of rotatable bonds is 2. The van der Waals surface area contributed by atoms with Gasteiger partial charge in [-0.25, -0.2) is 17.3 Å². The Kier molecular flexibility index (Phi) is 2.47. The number of sulfone groups is 1. The molecule has 1 N–H and O–H groups in total. The van der Waals surface area contributed by atoms with Gasteiger partial charge in [0, 0.05) is 6.04 Å². The highest BCUT2D eigenvalue weighted by atomic mass is 32.2. The summed E-state index contributed by atoms with van der Waals surface area (Å²) in [7, 11) is -2.94. The predicted molar refractivity (Wildman–Crippen MR) is 63.6 cm³/mol. The molecule has 1 aliphatic heterocycles. The lowest BCUT2D eigenvalue weighted by Crippen LogP contribution is -2.21. The van der Waals surface area contributed by atoms with E-state index >= 15 is 0 Å². The number of nitrogens with one attached hydrogen (secondary N) is 1. The third-order valence-corrected chi connectivity index (χ3v) is 4.63. The highest BCUT2D eigenvalue weighted by molar-refractivity contribution is 7.91. The fourth-order valence-electron chi connectivity index (χ4n) is 2.01. The number of halogens is 1. The van der Waals surface area contributed by atoms with Crippen molar-refractivity contribution in [1.82, 2.24) is 14.6 Å². The summed E-state index contributed by atoms with van der Waals surface area (Å²) in [6, 6.07) is 2.64. The Hall–Kier alpha value is -1.70. The minimum Gasteiger partial charge on any atom is -0.349 e. The van der Waals surface area contributed by atoms with Crippen LogP contribution in [-0.2, 0) is 9.84 Å². The van der Waals surface area contributed by atoms with Crippen molar-refractivity contribution in [3.63, 3.8) is 0 Å². The zero-order chi connectivity index (χ0) is 12.8. The molecule has 1 aliphatic rings. The summed E-state index contributed by atoms with van der Waals surface area (Å²) in [5.74, 6) is 0.203. The first-order valence-electron chi connectivity index (χ1n) is 5.51. The standard InChI is InChI=1S/C10H11FN4O2S/c11-7-1-2-9-13-10(14-15(9)5-7)12-8-3-4-18(16,17)6-8/h1-2,5,8H,3-4,6H2,(H,12,14). The van der Waals surface area contributed by atoms with E-state index in [-0.39, 0.29) is 17.5 Å². The van der Waals surface area contributed by atoms with Crippen molar-refractivity contribution in [2.45, 2.75) is 12.5 Å². The van der Waals surface area contributed by atoms with Crippen LogP contribution in [0.2, 0.25) is 0 Å². The van der Waals surface area contributed by atoms with Crippen LogP contribution in [0.5, 0.6) is 0 Å². The average Bonchev–Trinajstić information content (AvgIpc) is 2.81. The van der Waals surface area contributed by atoms with E-state index < -0.39 is 15.7 Å². The highest BCUT2D eigenvalue weighted by Crippen LogP contribution is 2.16. The van der Waals surface area contributed by atoms with Crippen molar-refractivity contribution in [3.8, 4) is 0 Å². The van der Waals surface area contributed by atoms with Gasteiger partial charge in [0.05, 0.1) is 17.7 Å². The maximum Gasteiger partial charge on any atom is 0.243 e. The molecule has 2 aromatic rings. The van der Waals surface area contributed by atoms with Crippen LogP contribution < -0.4 is 5.32 Å². The predicted octanol–water partition coefficient (Wildman–Crippen LogP) is 0.467. The number of hydrogen-bond acceptors (Lipinski definition) is 5. The van der Waals surface area contributed by atoms with E-state index in [0.717, 1.165) is 0 Å². The van der Waals surface area contributed by atoms with Gasteiger partial charge in [0.2, 0.25) is 5.95 Å². The molecule has 96 valence electrons. The maximum absolute atomic E-state index is 13.0. The maximum atomic E-state index is 13.0. The quantitative estimate of drug-likeness (QED) is 0.858. The second-order valence-corrected chi connectivity index (χ2v) is 6.56. The first-order valence-corrected chi connectivity index (χ1v) is 7.33. The molecule has 3 rings (SSSR count).